The third-order valence-electron chi connectivity index (χ3n) is 2.60. The molecule has 0 radical (unpaired) electrons. The molecule has 2 aromatic rings. The molecule has 1 heterocycles. The second-order valence-corrected chi connectivity index (χ2v) is 3.79. The number of benzene rings is 1. The average Bonchev–Trinajstić information content (AvgIpc) is 2.99. The SMILES string of the molecule is COc1ccc(C(C#N)NC(=O)c2ccco2)cc1. The van der Waals surface area contributed by atoms with E-state index in [1.165, 1.54) is 12.3 Å². The predicted molar refractivity (Wildman–Crippen MR) is 67.5 cm³/mol. The molecule has 0 spiro atoms. The molecular formula is C14H12N2O3. The third-order valence-corrected chi connectivity index (χ3v) is 2.60. The molecule has 1 atom stereocenters. The van der Waals surface area contributed by atoms with Crippen LogP contribution >= 0.6 is 0 Å². The van der Waals surface area contributed by atoms with Crippen LogP contribution in [0, 0.1) is 11.3 Å². The Morgan fingerprint density at radius 1 is 1.37 bits per heavy atom. The predicted octanol–water partition coefficient (Wildman–Crippen LogP) is 2.28. The minimum atomic E-state index is -0.733. The van der Waals surface area contributed by atoms with Crippen molar-refractivity contribution >= 4 is 5.91 Å². The van der Waals surface area contributed by atoms with Gasteiger partial charge in [0.15, 0.2) is 5.76 Å². The second-order valence-electron chi connectivity index (χ2n) is 3.79. The highest BCUT2D eigenvalue weighted by molar-refractivity contribution is 5.91. The van der Waals surface area contributed by atoms with Crippen LogP contribution < -0.4 is 10.1 Å². The van der Waals surface area contributed by atoms with Gasteiger partial charge >= 0.3 is 0 Å². The molecule has 0 fully saturated rings. The van der Waals surface area contributed by atoms with E-state index < -0.39 is 11.9 Å². The van der Waals surface area contributed by atoms with Crippen LogP contribution in [0.2, 0.25) is 0 Å². The Hall–Kier alpha value is -2.74. The zero-order valence-electron chi connectivity index (χ0n) is 10.3. The van der Waals surface area contributed by atoms with Gasteiger partial charge in [-0.25, -0.2) is 0 Å². The summed E-state index contributed by atoms with van der Waals surface area (Å²) >= 11 is 0. The molecule has 0 aliphatic heterocycles. The molecule has 1 aromatic heterocycles. The summed E-state index contributed by atoms with van der Waals surface area (Å²) in [5.74, 6) is 0.443. The van der Waals surface area contributed by atoms with Gasteiger partial charge in [0, 0.05) is 0 Å². The van der Waals surface area contributed by atoms with E-state index in [4.69, 9.17) is 14.4 Å². The summed E-state index contributed by atoms with van der Waals surface area (Å²) in [5.41, 5.74) is 0.684. The van der Waals surface area contributed by atoms with Gasteiger partial charge in [-0.3, -0.25) is 4.79 Å². The van der Waals surface area contributed by atoms with Crippen molar-refractivity contribution in [2.24, 2.45) is 0 Å². The molecule has 96 valence electrons. The number of hydrogen-bond donors (Lipinski definition) is 1. The first kappa shape index (κ1) is 12.7. The molecule has 1 aromatic carbocycles. The Bertz CT molecular complexity index is 582. The highest BCUT2D eigenvalue weighted by atomic mass is 16.5. The average molecular weight is 256 g/mol. The number of rotatable bonds is 4. The number of nitriles is 1. The molecule has 0 aliphatic carbocycles. The Balaban J connectivity index is 2.12. The lowest BCUT2D eigenvalue weighted by Crippen LogP contribution is -2.27. The Labute approximate surface area is 110 Å². The van der Waals surface area contributed by atoms with Gasteiger partial charge in [0.2, 0.25) is 0 Å². The van der Waals surface area contributed by atoms with Crippen LogP contribution in [0.1, 0.15) is 22.2 Å². The summed E-state index contributed by atoms with van der Waals surface area (Å²) in [6.45, 7) is 0. The summed E-state index contributed by atoms with van der Waals surface area (Å²) in [6.07, 6.45) is 1.41. The standard InChI is InChI=1S/C14H12N2O3/c1-18-11-6-4-10(5-7-11)12(9-15)16-14(17)13-3-2-8-19-13/h2-8,12H,1H3,(H,16,17). The molecule has 1 N–H and O–H groups in total. The van der Waals surface area contributed by atoms with Crippen LogP contribution in [0.5, 0.6) is 5.75 Å². The van der Waals surface area contributed by atoms with Gasteiger partial charge in [0.25, 0.3) is 5.91 Å². The van der Waals surface area contributed by atoms with E-state index in [0.29, 0.717) is 11.3 Å². The van der Waals surface area contributed by atoms with Crippen LogP contribution in [0.3, 0.4) is 0 Å². The fourth-order valence-electron chi connectivity index (χ4n) is 1.60. The van der Waals surface area contributed by atoms with Gasteiger partial charge in [-0.1, -0.05) is 12.1 Å². The van der Waals surface area contributed by atoms with Crippen molar-refractivity contribution < 1.29 is 13.9 Å². The van der Waals surface area contributed by atoms with Crippen molar-refractivity contribution in [3.63, 3.8) is 0 Å². The number of methoxy groups -OCH3 is 1. The minimum Gasteiger partial charge on any atom is -0.497 e. The highest BCUT2D eigenvalue weighted by Gasteiger charge is 2.16. The van der Waals surface area contributed by atoms with E-state index in [9.17, 15) is 4.79 Å². The highest BCUT2D eigenvalue weighted by Crippen LogP contribution is 2.17. The Morgan fingerprint density at radius 2 is 2.11 bits per heavy atom. The van der Waals surface area contributed by atoms with Crippen LogP contribution in [0.4, 0.5) is 0 Å². The molecule has 1 amide bonds. The van der Waals surface area contributed by atoms with Crippen LogP contribution in [-0.2, 0) is 0 Å². The lowest BCUT2D eigenvalue weighted by atomic mass is 10.1. The van der Waals surface area contributed by atoms with Gasteiger partial charge in [-0.15, -0.1) is 0 Å². The largest absolute Gasteiger partial charge is 0.497 e. The van der Waals surface area contributed by atoms with Crippen molar-refractivity contribution in [1.82, 2.24) is 5.32 Å². The molecule has 0 saturated carbocycles. The van der Waals surface area contributed by atoms with E-state index in [1.807, 2.05) is 6.07 Å². The molecule has 0 bridgehead atoms. The van der Waals surface area contributed by atoms with E-state index in [1.54, 1.807) is 37.4 Å². The Morgan fingerprint density at radius 3 is 2.63 bits per heavy atom. The molecule has 0 aliphatic rings. The molecule has 5 heteroatoms. The van der Waals surface area contributed by atoms with Gasteiger partial charge in [0.05, 0.1) is 19.4 Å². The molecular weight excluding hydrogens is 244 g/mol. The number of ether oxygens (including phenoxy) is 1. The van der Waals surface area contributed by atoms with Crippen molar-refractivity contribution in [3.8, 4) is 11.8 Å². The summed E-state index contributed by atoms with van der Waals surface area (Å²) in [7, 11) is 1.56. The smallest absolute Gasteiger partial charge is 0.288 e. The van der Waals surface area contributed by atoms with E-state index >= 15 is 0 Å². The Kier molecular flexibility index (Phi) is 3.84. The quantitative estimate of drug-likeness (QED) is 0.910. The van der Waals surface area contributed by atoms with Crippen LogP contribution in [0.15, 0.2) is 47.1 Å². The summed E-state index contributed by atoms with van der Waals surface area (Å²) < 4.78 is 10.0. The molecule has 0 saturated heterocycles. The summed E-state index contributed by atoms with van der Waals surface area (Å²) in [4.78, 5) is 11.8. The van der Waals surface area contributed by atoms with Crippen molar-refractivity contribution in [3.05, 3.63) is 54.0 Å². The van der Waals surface area contributed by atoms with E-state index in [2.05, 4.69) is 5.32 Å². The molecule has 19 heavy (non-hydrogen) atoms. The van der Waals surface area contributed by atoms with Crippen molar-refractivity contribution in [1.29, 1.82) is 5.26 Å². The second kappa shape index (κ2) is 5.74. The van der Waals surface area contributed by atoms with Gasteiger partial charge < -0.3 is 14.5 Å². The number of furan rings is 1. The number of carbonyl (C=O) groups is 1. The third kappa shape index (κ3) is 2.93. The molecule has 2 rings (SSSR count). The fraction of sp³-hybridized carbons (Fsp3) is 0.143. The number of amides is 1. The van der Waals surface area contributed by atoms with Gasteiger partial charge in [-0.05, 0) is 29.8 Å². The zero-order chi connectivity index (χ0) is 13.7. The lowest BCUT2D eigenvalue weighted by Gasteiger charge is -2.11. The first-order valence-corrected chi connectivity index (χ1v) is 5.62. The van der Waals surface area contributed by atoms with Gasteiger partial charge in [0.1, 0.15) is 11.8 Å². The minimum absolute atomic E-state index is 0.175. The van der Waals surface area contributed by atoms with Gasteiger partial charge in [-0.2, -0.15) is 5.26 Å². The molecule has 1 unspecified atom stereocenters. The normalized spacial score (nSPS) is 11.4. The summed E-state index contributed by atoms with van der Waals surface area (Å²) in [6, 6.07) is 11.4. The lowest BCUT2D eigenvalue weighted by molar-refractivity contribution is 0.0917. The summed E-state index contributed by atoms with van der Waals surface area (Å²) in [5, 5.41) is 11.7. The first-order chi connectivity index (χ1) is 9.24. The maximum atomic E-state index is 11.8. The molecule has 5 nitrogen and oxygen atoms in total. The van der Waals surface area contributed by atoms with Crippen LogP contribution in [-0.4, -0.2) is 13.0 Å². The fourth-order valence-corrected chi connectivity index (χ4v) is 1.60. The topological polar surface area (TPSA) is 75.3 Å². The van der Waals surface area contributed by atoms with E-state index in [-0.39, 0.29) is 5.76 Å². The monoisotopic (exact) mass is 256 g/mol. The maximum absolute atomic E-state index is 11.8. The number of hydrogen-bond acceptors (Lipinski definition) is 4. The number of carbonyl (C=O) groups excluding carboxylic acids is 1. The van der Waals surface area contributed by atoms with E-state index in [0.717, 1.165) is 0 Å². The number of nitrogens with one attached hydrogen (secondary N) is 1. The first-order valence-electron chi connectivity index (χ1n) is 5.62. The zero-order valence-corrected chi connectivity index (χ0v) is 10.3. The van der Waals surface area contributed by atoms with Crippen LogP contribution in [0.25, 0.3) is 0 Å². The van der Waals surface area contributed by atoms with Crippen molar-refractivity contribution in [2.45, 2.75) is 6.04 Å². The van der Waals surface area contributed by atoms with Crippen molar-refractivity contribution in [2.75, 3.05) is 7.11 Å². The maximum Gasteiger partial charge on any atom is 0.288 e. The number of nitrogens with zero attached hydrogens (tertiary/aromatic N) is 1.